The number of hydrogen-bond acceptors (Lipinski definition) is 6. The number of rotatable bonds is 3. The van der Waals surface area contributed by atoms with E-state index in [9.17, 15) is 9.90 Å². The van der Waals surface area contributed by atoms with Crippen LogP contribution in [-0.2, 0) is 14.3 Å². The Kier molecular flexibility index (Phi) is 4.63. The quantitative estimate of drug-likeness (QED) is 0.431. The summed E-state index contributed by atoms with van der Waals surface area (Å²) in [5.74, 6) is -0.315. The van der Waals surface area contributed by atoms with Crippen LogP contribution < -0.4 is 11.1 Å². The van der Waals surface area contributed by atoms with Gasteiger partial charge >= 0.3 is 0 Å². The van der Waals surface area contributed by atoms with Gasteiger partial charge in [-0.3, -0.25) is 4.79 Å². The first-order valence-electron chi connectivity index (χ1n) is 5.01. The molecular formula is C9H18N2O5. The van der Waals surface area contributed by atoms with Gasteiger partial charge in [0.25, 0.3) is 0 Å². The summed E-state index contributed by atoms with van der Waals surface area (Å²) >= 11 is 0. The highest BCUT2D eigenvalue weighted by Gasteiger charge is 2.43. The smallest absolute Gasteiger partial charge is 0.217 e. The van der Waals surface area contributed by atoms with Crippen LogP contribution in [0.1, 0.15) is 6.92 Å². The summed E-state index contributed by atoms with van der Waals surface area (Å²) in [5.41, 5.74) is 5.67. The first-order valence-corrected chi connectivity index (χ1v) is 5.01. The second kappa shape index (κ2) is 5.55. The van der Waals surface area contributed by atoms with Crippen molar-refractivity contribution < 1.29 is 24.5 Å². The number of methoxy groups -OCH3 is 1. The highest BCUT2D eigenvalue weighted by atomic mass is 16.7. The molecule has 0 aromatic rings. The van der Waals surface area contributed by atoms with Gasteiger partial charge in [-0.05, 0) is 0 Å². The molecule has 5 N–H and O–H groups in total. The van der Waals surface area contributed by atoms with E-state index in [0.29, 0.717) is 0 Å². The zero-order valence-electron chi connectivity index (χ0n) is 9.29. The molecule has 0 aromatic carbocycles. The number of nitrogens with two attached hydrogens (primary N) is 1. The average Bonchev–Trinajstić information content (AvgIpc) is 2.25. The van der Waals surface area contributed by atoms with E-state index in [2.05, 4.69) is 5.32 Å². The molecule has 1 heterocycles. The second-order valence-electron chi connectivity index (χ2n) is 3.76. The molecule has 1 aliphatic rings. The normalized spacial score (nSPS) is 39.4. The van der Waals surface area contributed by atoms with E-state index in [0.717, 1.165) is 0 Å². The molecule has 0 aromatic heterocycles. The Hall–Kier alpha value is -0.730. The van der Waals surface area contributed by atoms with E-state index in [4.69, 9.17) is 20.3 Å². The molecule has 7 heteroatoms. The lowest BCUT2D eigenvalue weighted by Crippen LogP contribution is -2.66. The standard InChI is InChI=1S/C9H18N2O5/c1-4(13)11-7-8(14)6(10)5(3-12)16-9(7)15-2/h5-9,12,14H,3,10H2,1-2H3,(H,11,13)/t5-,6-,7-,8+,9?/m1/s1. The molecule has 0 aliphatic carbocycles. The fourth-order valence-electron chi connectivity index (χ4n) is 1.72. The number of nitrogens with one attached hydrogen (secondary N) is 1. The Morgan fingerprint density at radius 2 is 2.25 bits per heavy atom. The van der Waals surface area contributed by atoms with Crippen LogP contribution in [0.15, 0.2) is 0 Å². The zero-order valence-corrected chi connectivity index (χ0v) is 9.29. The van der Waals surface area contributed by atoms with Gasteiger partial charge in [-0.2, -0.15) is 0 Å². The van der Waals surface area contributed by atoms with E-state index >= 15 is 0 Å². The molecule has 16 heavy (non-hydrogen) atoms. The number of hydrogen-bond donors (Lipinski definition) is 4. The van der Waals surface area contributed by atoms with Gasteiger partial charge < -0.3 is 30.7 Å². The van der Waals surface area contributed by atoms with Gasteiger partial charge in [0.05, 0.1) is 18.8 Å². The molecule has 1 saturated heterocycles. The molecule has 0 bridgehead atoms. The van der Waals surface area contributed by atoms with Crippen LogP contribution in [0.4, 0.5) is 0 Å². The van der Waals surface area contributed by atoms with Gasteiger partial charge in [-0.25, -0.2) is 0 Å². The molecule has 5 atom stereocenters. The van der Waals surface area contributed by atoms with E-state index in [1.54, 1.807) is 0 Å². The number of ether oxygens (including phenoxy) is 2. The third-order valence-corrected chi connectivity index (χ3v) is 2.58. The van der Waals surface area contributed by atoms with Crippen LogP contribution in [-0.4, -0.2) is 60.4 Å². The van der Waals surface area contributed by atoms with Crippen LogP contribution in [0.3, 0.4) is 0 Å². The largest absolute Gasteiger partial charge is 0.394 e. The highest BCUT2D eigenvalue weighted by molar-refractivity contribution is 5.73. The van der Waals surface area contributed by atoms with E-state index in [1.165, 1.54) is 14.0 Å². The summed E-state index contributed by atoms with van der Waals surface area (Å²) in [6.07, 6.45) is -2.56. The molecule has 1 aliphatic heterocycles. The predicted molar refractivity (Wildman–Crippen MR) is 54.3 cm³/mol. The van der Waals surface area contributed by atoms with Gasteiger partial charge in [-0.15, -0.1) is 0 Å². The Bertz CT molecular complexity index is 248. The molecule has 1 unspecified atom stereocenters. The number of carbonyl (C=O) groups is 1. The number of aliphatic hydroxyl groups excluding tert-OH is 2. The molecule has 1 amide bonds. The first-order chi connectivity index (χ1) is 7.51. The minimum absolute atomic E-state index is 0.315. The van der Waals surface area contributed by atoms with Gasteiger partial charge in [0.15, 0.2) is 6.29 Å². The molecule has 94 valence electrons. The van der Waals surface area contributed by atoms with Crippen molar-refractivity contribution >= 4 is 5.91 Å². The summed E-state index contributed by atoms with van der Waals surface area (Å²) in [5, 5.41) is 21.4. The van der Waals surface area contributed by atoms with Gasteiger partial charge in [-0.1, -0.05) is 0 Å². The lowest BCUT2D eigenvalue weighted by Gasteiger charge is -2.42. The Labute approximate surface area is 93.5 Å². The van der Waals surface area contributed by atoms with Crippen LogP contribution in [0.25, 0.3) is 0 Å². The number of amides is 1. The minimum atomic E-state index is -1.03. The van der Waals surface area contributed by atoms with Crippen molar-refractivity contribution in [3.63, 3.8) is 0 Å². The van der Waals surface area contributed by atoms with Crippen molar-refractivity contribution in [3.8, 4) is 0 Å². The van der Waals surface area contributed by atoms with Crippen LogP contribution in [0.5, 0.6) is 0 Å². The molecule has 1 fully saturated rings. The lowest BCUT2D eigenvalue weighted by molar-refractivity contribution is -0.233. The Morgan fingerprint density at radius 3 is 2.69 bits per heavy atom. The maximum Gasteiger partial charge on any atom is 0.217 e. The lowest BCUT2D eigenvalue weighted by atomic mass is 9.95. The van der Waals surface area contributed by atoms with Crippen molar-refractivity contribution in [2.75, 3.05) is 13.7 Å². The van der Waals surface area contributed by atoms with Crippen molar-refractivity contribution in [1.29, 1.82) is 0 Å². The predicted octanol–water partition coefficient (Wildman–Crippen LogP) is -2.46. The van der Waals surface area contributed by atoms with Crippen molar-refractivity contribution in [1.82, 2.24) is 5.32 Å². The third kappa shape index (κ3) is 2.69. The van der Waals surface area contributed by atoms with Gasteiger partial charge in [0, 0.05) is 14.0 Å². The first kappa shape index (κ1) is 13.3. The van der Waals surface area contributed by atoms with Crippen molar-refractivity contribution in [3.05, 3.63) is 0 Å². The van der Waals surface area contributed by atoms with E-state index in [1.807, 2.05) is 0 Å². The fraction of sp³-hybridized carbons (Fsp3) is 0.889. The van der Waals surface area contributed by atoms with E-state index < -0.39 is 30.6 Å². The number of aliphatic hydroxyl groups is 2. The molecular weight excluding hydrogens is 216 g/mol. The van der Waals surface area contributed by atoms with Crippen LogP contribution in [0, 0.1) is 0 Å². The van der Waals surface area contributed by atoms with Crippen LogP contribution in [0.2, 0.25) is 0 Å². The summed E-state index contributed by atoms with van der Waals surface area (Å²) in [6.45, 7) is 1.01. The molecule has 1 rings (SSSR count). The topological polar surface area (TPSA) is 114 Å². The highest BCUT2D eigenvalue weighted by Crippen LogP contribution is 2.20. The van der Waals surface area contributed by atoms with Gasteiger partial charge in [0.2, 0.25) is 5.91 Å². The SMILES string of the molecule is COC1O[C@H](CO)[C@@H](N)[C@H](O)[C@H]1NC(C)=O. The maximum atomic E-state index is 11.0. The zero-order chi connectivity index (χ0) is 12.3. The molecule has 0 spiro atoms. The second-order valence-corrected chi connectivity index (χ2v) is 3.76. The Morgan fingerprint density at radius 1 is 1.62 bits per heavy atom. The summed E-state index contributed by atoms with van der Waals surface area (Å²) in [7, 11) is 1.39. The fourth-order valence-corrected chi connectivity index (χ4v) is 1.72. The third-order valence-electron chi connectivity index (χ3n) is 2.58. The molecule has 0 radical (unpaired) electrons. The average molecular weight is 234 g/mol. The number of carbonyl (C=O) groups excluding carboxylic acids is 1. The molecule has 0 saturated carbocycles. The van der Waals surface area contributed by atoms with E-state index in [-0.39, 0.29) is 12.5 Å². The van der Waals surface area contributed by atoms with Crippen molar-refractivity contribution in [2.24, 2.45) is 5.73 Å². The minimum Gasteiger partial charge on any atom is -0.394 e. The van der Waals surface area contributed by atoms with Gasteiger partial charge in [0.1, 0.15) is 12.1 Å². The summed E-state index contributed by atoms with van der Waals surface area (Å²) < 4.78 is 10.3. The van der Waals surface area contributed by atoms with Crippen molar-refractivity contribution in [2.45, 2.75) is 37.5 Å². The summed E-state index contributed by atoms with van der Waals surface area (Å²) in [6, 6.07) is -1.51. The Balaban J connectivity index is 2.77. The monoisotopic (exact) mass is 234 g/mol. The van der Waals surface area contributed by atoms with Crippen LogP contribution >= 0.6 is 0 Å². The maximum absolute atomic E-state index is 11.0. The summed E-state index contributed by atoms with van der Waals surface area (Å²) in [4.78, 5) is 11.0. The molecule has 7 nitrogen and oxygen atoms in total.